The van der Waals surface area contributed by atoms with E-state index in [2.05, 4.69) is 9.82 Å². The van der Waals surface area contributed by atoms with Gasteiger partial charge in [-0.1, -0.05) is 12.1 Å². The summed E-state index contributed by atoms with van der Waals surface area (Å²) in [6.45, 7) is 0. The Morgan fingerprint density at radius 2 is 1.81 bits per heavy atom. The zero-order chi connectivity index (χ0) is 22.7. The molecule has 1 atom stereocenters. The lowest BCUT2D eigenvalue weighted by atomic mass is 10.0. The Hall–Kier alpha value is -3.22. The molecule has 0 spiro atoms. The third-order valence-corrected chi connectivity index (χ3v) is 5.00. The predicted octanol–water partition coefficient (Wildman–Crippen LogP) is 3.77. The molecule has 12 heteroatoms. The number of nitrogens with zero attached hydrogens (tertiary/aromatic N) is 1. The maximum atomic E-state index is 14.7. The molecule has 0 radical (unpaired) electrons. The van der Waals surface area contributed by atoms with Crippen molar-refractivity contribution in [2.75, 3.05) is 19.5 Å². The number of amides is 1. The fourth-order valence-electron chi connectivity index (χ4n) is 2.75. The molecule has 3 N–H and O–H groups in total. The highest BCUT2D eigenvalue weighted by Gasteiger charge is 2.29. The number of carbonyl (C=O) groups is 1. The van der Waals surface area contributed by atoms with Crippen LogP contribution in [-0.4, -0.2) is 30.2 Å². The average Bonchev–Trinajstić information content (AvgIpc) is 3.26. The molecule has 164 valence electrons. The molecule has 0 aliphatic rings. The van der Waals surface area contributed by atoms with Crippen LogP contribution >= 0.6 is 11.3 Å². The van der Waals surface area contributed by atoms with E-state index in [9.17, 15) is 27.5 Å². The SMILES string of the molecule is CONC(=O)c1scnc1C(O)Nc1c(F)c(F)c(-c2cccc(OC)c2)c(F)c1F. The Morgan fingerprint density at radius 3 is 2.42 bits per heavy atom. The van der Waals surface area contributed by atoms with Crippen LogP contribution in [0.1, 0.15) is 21.6 Å². The van der Waals surface area contributed by atoms with Gasteiger partial charge in [-0.25, -0.2) is 28.0 Å². The number of halogens is 4. The number of ether oxygens (including phenoxy) is 1. The number of anilines is 1. The molecule has 0 aliphatic heterocycles. The summed E-state index contributed by atoms with van der Waals surface area (Å²) in [4.78, 5) is 20.0. The van der Waals surface area contributed by atoms with E-state index in [4.69, 9.17) is 4.74 Å². The minimum atomic E-state index is -1.96. The topological polar surface area (TPSA) is 92.7 Å². The number of methoxy groups -OCH3 is 1. The fourth-order valence-corrected chi connectivity index (χ4v) is 3.46. The largest absolute Gasteiger partial charge is 0.497 e. The van der Waals surface area contributed by atoms with Crippen molar-refractivity contribution in [3.8, 4) is 16.9 Å². The number of aromatic nitrogens is 1. The minimum Gasteiger partial charge on any atom is -0.497 e. The van der Waals surface area contributed by atoms with Gasteiger partial charge in [0.05, 0.1) is 25.3 Å². The molecular formula is C19H15F4N3O4S. The van der Waals surface area contributed by atoms with Crippen LogP contribution in [-0.2, 0) is 4.84 Å². The summed E-state index contributed by atoms with van der Waals surface area (Å²) < 4.78 is 63.6. The number of benzene rings is 2. The van der Waals surface area contributed by atoms with Gasteiger partial charge in [-0.2, -0.15) is 0 Å². The molecule has 0 saturated carbocycles. The predicted molar refractivity (Wildman–Crippen MR) is 103 cm³/mol. The molecule has 1 amide bonds. The van der Waals surface area contributed by atoms with Crippen molar-refractivity contribution < 1.29 is 37.0 Å². The molecule has 3 rings (SSSR count). The van der Waals surface area contributed by atoms with Crippen LogP contribution in [0.15, 0.2) is 29.8 Å². The summed E-state index contributed by atoms with van der Waals surface area (Å²) in [5.41, 5.74) is 0.498. The molecule has 0 fully saturated rings. The van der Waals surface area contributed by atoms with Gasteiger partial charge in [-0.3, -0.25) is 9.63 Å². The van der Waals surface area contributed by atoms with Gasteiger partial charge in [0.25, 0.3) is 5.91 Å². The van der Waals surface area contributed by atoms with E-state index in [0.717, 1.165) is 11.3 Å². The van der Waals surface area contributed by atoms with Gasteiger partial charge in [0.15, 0.2) is 29.5 Å². The average molecular weight is 457 g/mol. The maximum absolute atomic E-state index is 14.7. The van der Waals surface area contributed by atoms with E-state index < -0.39 is 46.7 Å². The Balaban J connectivity index is 2.01. The van der Waals surface area contributed by atoms with Gasteiger partial charge < -0.3 is 15.2 Å². The second kappa shape index (κ2) is 9.29. The molecule has 0 aliphatic carbocycles. The molecule has 3 aromatic rings. The summed E-state index contributed by atoms with van der Waals surface area (Å²) >= 11 is 0.804. The lowest BCUT2D eigenvalue weighted by Gasteiger charge is -2.17. The number of aliphatic hydroxyl groups excluding tert-OH is 1. The van der Waals surface area contributed by atoms with Crippen molar-refractivity contribution in [3.63, 3.8) is 0 Å². The number of nitrogens with one attached hydrogen (secondary N) is 2. The van der Waals surface area contributed by atoms with Crippen LogP contribution in [0.25, 0.3) is 11.1 Å². The third-order valence-electron chi connectivity index (χ3n) is 4.16. The van der Waals surface area contributed by atoms with Gasteiger partial charge in [-0.15, -0.1) is 11.3 Å². The first-order valence-corrected chi connectivity index (χ1v) is 9.39. The van der Waals surface area contributed by atoms with Crippen LogP contribution in [0.5, 0.6) is 5.75 Å². The molecule has 1 heterocycles. The monoisotopic (exact) mass is 457 g/mol. The number of hydrogen-bond donors (Lipinski definition) is 3. The standard InChI is InChI=1S/C19H15F4N3O4S/c1-29-9-5-3-4-8(6-9)10-11(20)13(22)15(14(23)12(10)21)25-18(27)16-17(31-7-24-16)19(28)26-30-2/h3-7,18,25,27H,1-2H3,(H,26,28). The Kier molecular flexibility index (Phi) is 6.73. The Labute approximate surface area is 177 Å². The van der Waals surface area contributed by atoms with E-state index in [1.165, 1.54) is 44.0 Å². The van der Waals surface area contributed by atoms with Gasteiger partial charge in [0, 0.05) is 0 Å². The van der Waals surface area contributed by atoms with Crippen LogP contribution in [0.3, 0.4) is 0 Å². The fraction of sp³-hybridized carbons (Fsp3) is 0.158. The van der Waals surface area contributed by atoms with Crippen molar-refractivity contribution in [2.45, 2.75) is 6.23 Å². The summed E-state index contributed by atoms with van der Waals surface area (Å²) in [6.07, 6.45) is -1.96. The molecule has 7 nitrogen and oxygen atoms in total. The zero-order valence-electron chi connectivity index (χ0n) is 16.0. The van der Waals surface area contributed by atoms with Crippen molar-refractivity contribution in [3.05, 3.63) is 63.6 Å². The second-order valence-electron chi connectivity index (χ2n) is 5.99. The summed E-state index contributed by atoms with van der Waals surface area (Å²) in [7, 11) is 2.49. The first kappa shape index (κ1) is 22.5. The first-order valence-electron chi connectivity index (χ1n) is 8.51. The summed E-state index contributed by atoms with van der Waals surface area (Å²) in [5.74, 6) is -7.47. The molecule has 1 aromatic heterocycles. The molecular weight excluding hydrogens is 442 g/mol. The highest BCUT2D eigenvalue weighted by molar-refractivity contribution is 7.11. The molecule has 31 heavy (non-hydrogen) atoms. The summed E-state index contributed by atoms with van der Waals surface area (Å²) in [6, 6.07) is 5.34. The van der Waals surface area contributed by atoms with Crippen molar-refractivity contribution in [1.82, 2.24) is 10.5 Å². The van der Waals surface area contributed by atoms with Crippen LogP contribution in [0.4, 0.5) is 23.2 Å². The minimum absolute atomic E-state index is 0.142. The van der Waals surface area contributed by atoms with Crippen molar-refractivity contribution in [2.24, 2.45) is 0 Å². The zero-order valence-corrected chi connectivity index (χ0v) is 16.8. The highest BCUT2D eigenvalue weighted by atomic mass is 32.1. The molecule has 1 unspecified atom stereocenters. The molecule has 0 saturated heterocycles. The van der Waals surface area contributed by atoms with E-state index in [1.54, 1.807) is 0 Å². The van der Waals surface area contributed by atoms with E-state index in [0.29, 0.717) is 0 Å². The van der Waals surface area contributed by atoms with E-state index in [1.807, 2.05) is 10.8 Å². The molecule has 2 aromatic carbocycles. The third kappa shape index (κ3) is 4.31. The number of carbonyl (C=O) groups excluding carboxylic acids is 1. The Morgan fingerprint density at radius 1 is 1.13 bits per heavy atom. The first-order chi connectivity index (χ1) is 14.8. The Bertz CT molecular complexity index is 1100. The highest BCUT2D eigenvalue weighted by Crippen LogP contribution is 2.37. The number of hydroxylamine groups is 1. The second-order valence-corrected chi connectivity index (χ2v) is 6.84. The van der Waals surface area contributed by atoms with Gasteiger partial charge >= 0.3 is 0 Å². The smallest absolute Gasteiger partial charge is 0.287 e. The lowest BCUT2D eigenvalue weighted by Crippen LogP contribution is -2.24. The van der Waals surface area contributed by atoms with Crippen molar-refractivity contribution >= 4 is 22.9 Å². The van der Waals surface area contributed by atoms with Crippen molar-refractivity contribution in [1.29, 1.82) is 0 Å². The van der Waals surface area contributed by atoms with Crippen LogP contribution < -0.4 is 15.5 Å². The van der Waals surface area contributed by atoms with Gasteiger partial charge in [-0.05, 0) is 17.7 Å². The van der Waals surface area contributed by atoms with Crippen LogP contribution in [0.2, 0.25) is 0 Å². The number of hydrogen-bond acceptors (Lipinski definition) is 7. The van der Waals surface area contributed by atoms with Crippen LogP contribution in [0, 0.1) is 23.3 Å². The van der Waals surface area contributed by atoms with E-state index in [-0.39, 0.29) is 21.9 Å². The molecule has 0 bridgehead atoms. The number of rotatable bonds is 7. The quantitative estimate of drug-likeness (QED) is 0.217. The van der Waals surface area contributed by atoms with Gasteiger partial charge in [0.1, 0.15) is 22.0 Å². The normalized spacial score (nSPS) is 11.8. The van der Waals surface area contributed by atoms with Gasteiger partial charge in [0.2, 0.25) is 0 Å². The number of thiazole rings is 1. The lowest BCUT2D eigenvalue weighted by molar-refractivity contribution is 0.0537. The maximum Gasteiger partial charge on any atom is 0.287 e. The number of aliphatic hydroxyl groups is 1. The summed E-state index contributed by atoms with van der Waals surface area (Å²) in [5, 5.41) is 12.2. The van der Waals surface area contributed by atoms with E-state index >= 15 is 0 Å².